The van der Waals surface area contributed by atoms with Gasteiger partial charge in [-0.2, -0.15) is 0 Å². The first-order valence-electron chi connectivity index (χ1n) is 9.32. The van der Waals surface area contributed by atoms with Crippen LogP contribution in [0.15, 0.2) is 18.2 Å². The molecule has 0 radical (unpaired) electrons. The second-order valence-corrected chi connectivity index (χ2v) is 8.91. The topological polar surface area (TPSA) is 55.6 Å². The first-order chi connectivity index (χ1) is 12.2. The summed E-state index contributed by atoms with van der Waals surface area (Å²) >= 11 is 12.1. The monoisotopic (exact) mass is 400 g/mol. The zero-order chi connectivity index (χ0) is 19.3. The van der Waals surface area contributed by atoms with E-state index in [2.05, 4.69) is 0 Å². The van der Waals surface area contributed by atoms with E-state index in [0.717, 1.165) is 44.3 Å². The Bertz CT molecular complexity index is 608. The third-order valence-electron chi connectivity index (χ3n) is 4.89. The molecular formula is C20H30Cl2N2O2. The molecule has 2 N–H and O–H groups in total. The molecule has 4 nitrogen and oxygen atoms in total. The lowest BCUT2D eigenvalue weighted by atomic mass is 9.86. The van der Waals surface area contributed by atoms with Gasteiger partial charge in [0.25, 0.3) is 0 Å². The van der Waals surface area contributed by atoms with Gasteiger partial charge in [0.2, 0.25) is 0 Å². The van der Waals surface area contributed by atoms with E-state index >= 15 is 0 Å². The van der Waals surface area contributed by atoms with Crippen LogP contribution in [0.1, 0.15) is 57.9 Å². The van der Waals surface area contributed by atoms with Crippen LogP contribution in [-0.4, -0.2) is 36.2 Å². The van der Waals surface area contributed by atoms with E-state index < -0.39 is 5.60 Å². The third-order valence-corrected chi connectivity index (χ3v) is 5.63. The Labute approximate surface area is 167 Å². The van der Waals surface area contributed by atoms with Gasteiger partial charge in [-0.05, 0) is 82.5 Å². The predicted molar refractivity (Wildman–Crippen MR) is 108 cm³/mol. The summed E-state index contributed by atoms with van der Waals surface area (Å²) in [5.74, 6) is 0.902. The molecule has 1 amide bonds. The van der Waals surface area contributed by atoms with Crippen LogP contribution in [0.25, 0.3) is 0 Å². The predicted octanol–water partition coefficient (Wildman–Crippen LogP) is 5.46. The minimum atomic E-state index is -0.442. The number of rotatable bonds is 5. The van der Waals surface area contributed by atoms with Crippen molar-refractivity contribution in [3.05, 3.63) is 33.8 Å². The maximum absolute atomic E-state index is 12.1. The zero-order valence-corrected chi connectivity index (χ0v) is 17.4. The van der Waals surface area contributed by atoms with Gasteiger partial charge in [0.1, 0.15) is 5.60 Å². The van der Waals surface area contributed by atoms with E-state index in [-0.39, 0.29) is 12.0 Å². The molecule has 1 aromatic carbocycles. The molecule has 0 aromatic heterocycles. The zero-order valence-electron chi connectivity index (χ0n) is 15.9. The summed E-state index contributed by atoms with van der Waals surface area (Å²) in [6, 6.07) is 5.77. The van der Waals surface area contributed by atoms with Gasteiger partial charge in [-0.3, -0.25) is 0 Å². The van der Waals surface area contributed by atoms with Crippen LogP contribution in [0.5, 0.6) is 0 Å². The number of carbonyl (C=O) groups is 1. The number of nitrogens with zero attached hydrogens (tertiary/aromatic N) is 1. The number of ether oxygens (including phenoxy) is 1. The molecule has 0 bridgehead atoms. The number of hydrogen-bond donors (Lipinski definition) is 1. The molecule has 2 rings (SSSR count). The number of piperidine rings is 1. The lowest BCUT2D eigenvalue weighted by Crippen LogP contribution is -2.41. The summed E-state index contributed by atoms with van der Waals surface area (Å²) in [5.41, 5.74) is 6.69. The minimum absolute atomic E-state index is 0.202. The highest BCUT2D eigenvalue weighted by atomic mass is 35.5. The number of nitrogens with two attached hydrogens (primary N) is 1. The van der Waals surface area contributed by atoms with Crippen LogP contribution >= 0.6 is 23.2 Å². The highest BCUT2D eigenvalue weighted by molar-refractivity contribution is 6.42. The molecule has 26 heavy (non-hydrogen) atoms. The molecule has 1 atom stereocenters. The van der Waals surface area contributed by atoms with Crippen molar-refractivity contribution in [2.45, 2.75) is 58.0 Å². The molecule has 146 valence electrons. The standard InChI is InChI=1S/C20H30Cl2N2O2/c1-20(2,3)26-19(25)24-10-8-14(9-11-24)4-5-16(13-23)15-6-7-17(21)18(22)12-15/h6-7,12,14,16H,4-5,8-11,13,23H2,1-3H3. The Morgan fingerprint density at radius 2 is 1.92 bits per heavy atom. The first kappa shape index (κ1) is 21.3. The average Bonchev–Trinajstić information content (AvgIpc) is 2.57. The van der Waals surface area contributed by atoms with Gasteiger partial charge in [0.15, 0.2) is 0 Å². The number of likely N-dealkylation sites (tertiary alicyclic amines) is 1. The van der Waals surface area contributed by atoms with Crippen molar-refractivity contribution >= 4 is 29.3 Å². The molecule has 0 spiro atoms. The second kappa shape index (κ2) is 9.29. The normalized spacial score (nSPS) is 17.2. The van der Waals surface area contributed by atoms with Gasteiger partial charge in [0, 0.05) is 13.1 Å². The fraction of sp³-hybridized carbons (Fsp3) is 0.650. The van der Waals surface area contributed by atoms with Gasteiger partial charge in [-0.1, -0.05) is 29.3 Å². The number of benzene rings is 1. The molecule has 1 aliphatic heterocycles. The highest BCUT2D eigenvalue weighted by Crippen LogP contribution is 2.31. The molecule has 1 fully saturated rings. The molecule has 0 saturated carbocycles. The lowest BCUT2D eigenvalue weighted by molar-refractivity contribution is 0.0180. The highest BCUT2D eigenvalue weighted by Gasteiger charge is 2.27. The van der Waals surface area contributed by atoms with Crippen LogP contribution in [-0.2, 0) is 4.74 Å². The molecule has 1 unspecified atom stereocenters. The van der Waals surface area contributed by atoms with Crippen molar-refractivity contribution in [1.82, 2.24) is 4.90 Å². The molecular weight excluding hydrogens is 371 g/mol. The largest absolute Gasteiger partial charge is 0.444 e. The molecule has 1 aliphatic rings. The van der Waals surface area contributed by atoms with Crippen molar-refractivity contribution in [3.63, 3.8) is 0 Å². The van der Waals surface area contributed by atoms with E-state index in [1.807, 2.05) is 43.9 Å². The molecule has 6 heteroatoms. The number of hydrogen-bond acceptors (Lipinski definition) is 3. The Morgan fingerprint density at radius 3 is 2.46 bits per heavy atom. The summed E-state index contributed by atoms with van der Waals surface area (Å²) in [4.78, 5) is 14.0. The summed E-state index contributed by atoms with van der Waals surface area (Å²) in [6.07, 6.45) is 3.94. The fourth-order valence-corrected chi connectivity index (χ4v) is 3.66. The third kappa shape index (κ3) is 6.33. The fourth-order valence-electron chi connectivity index (χ4n) is 3.35. The molecule has 1 aromatic rings. The summed E-state index contributed by atoms with van der Waals surface area (Å²) in [7, 11) is 0. The lowest BCUT2D eigenvalue weighted by Gasteiger charge is -2.34. The van der Waals surface area contributed by atoms with Gasteiger partial charge in [0.05, 0.1) is 10.0 Å². The maximum Gasteiger partial charge on any atom is 0.410 e. The van der Waals surface area contributed by atoms with Gasteiger partial charge < -0.3 is 15.4 Å². The second-order valence-electron chi connectivity index (χ2n) is 8.09. The Kier molecular flexibility index (Phi) is 7.63. The van der Waals surface area contributed by atoms with E-state index in [1.54, 1.807) is 0 Å². The minimum Gasteiger partial charge on any atom is -0.444 e. The van der Waals surface area contributed by atoms with Crippen molar-refractivity contribution < 1.29 is 9.53 Å². The first-order valence-corrected chi connectivity index (χ1v) is 10.1. The number of halogens is 2. The van der Waals surface area contributed by atoms with E-state index in [9.17, 15) is 4.79 Å². The van der Waals surface area contributed by atoms with E-state index in [4.69, 9.17) is 33.7 Å². The Hall–Kier alpha value is -0.970. The van der Waals surface area contributed by atoms with E-state index in [0.29, 0.717) is 22.5 Å². The van der Waals surface area contributed by atoms with Crippen LogP contribution < -0.4 is 5.73 Å². The van der Waals surface area contributed by atoms with Gasteiger partial charge in [-0.25, -0.2) is 4.79 Å². The van der Waals surface area contributed by atoms with E-state index in [1.165, 1.54) is 0 Å². The van der Waals surface area contributed by atoms with Crippen molar-refractivity contribution in [3.8, 4) is 0 Å². The van der Waals surface area contributed by atoms with Crippen LogP contribution in [0, 0.1) is 5.92 Å². The van der Waals surface area contributed by atoms with Crippen molar-refractivity contribution in [1.29, 1.82) is 0 Å². The number of carbonyl (C=O) groups excluding carboxylic acids is 1. The van der Waals surface area contributed by atoms with Crippen LogP contribution in [0.2, 0.25) is 10.0 Å². The average molecular weight is 401 g/mol. The Morgan fingerprint density at radius 1 is 1.27 bits per heavy atom. The van der Waals surface area contributed by atoms with Crippen molar-refractivity contribution in [2.24, 2.45) is 11.7 Å². The SMILES string of the molecule is CC(C)(C)OC(=O)N1CCC(CCC(CN)c2ccc(Cl)c(Cl)c2)CC1. The van der Waals surface area contributed by atoms with Gasteiger partial charge >= 0.3 is 6.09 Å². The quantitative estimate of drug-likeness (QED) is 0.713. The molecule has 1 saturated heterocycles. The maximum atomic E-state index is 12.1. The van der Waals surface area contributed by atoms with Gasteiger partial charge in [-0.15, -0.1) is 0 Å². The summed E-state index contributed by atoms with van der Waals surface area (Å²) in [6.45, 7) is 7.81. The van der Waals surface area contributed by atoms with Crippen LogP contribution in [0.3, 0.4) is 0 Å². The van der Waals surface area contributed by atoms with Crippen molar-refractivity contribution in [2.75, 3.05) is 19.6 Å². The Balaban J connectivity index is 1.81. The van der Waals surface area contributed by atoms with Crippen LogP contribution in [0.4, 0.5) is 4.79 Å². The smallest absolute Gasteiger partial charge is 0.410 e. The molecule has 0 aliphatic carbocycles. The summed E-state index contributed by atoms with van der Waals surface area (Å²) in [5, 5.41) is 1.15. The molecule has 1 heterocycles. The number of amides is 1. The summed E-state index contributed by atoms with van der Waals surface area (Å²) < 4.78 is 5.45.